The molecule has 15 heavy (non-hydrogen) atoms. The average Bonchev–Trinajstić information content (AvgIpc) is 2.57. The van der Waals surface area contributed by atoms with Gasteiger partial charge in [0, 0.05) is 12.9 Å². The summed E-state index contributed by atoms with van der Waals surface area (Å²) in [6.45, 7) is 1.15. The van der Waals surface area contributed by atoms with Crippen LogP contribution in [-0.4, -0.2) is 40.6 Å². The van der Waals surface area contributed by atoms with Crippen molar-refractivity contribution < 1.29 is 9.84 Å². The standard InChI is InChI=1S/C9H15ClN2O2S/c1-14-4-3-12-9(7(10)5-11-12)8(13)6-15-2/h5,8,13H,3-4,6H2,1-2H3. The van der Waals surface area contributed by atoms with Crippen molar-refractivity contribution in [2.45, 2.75) is 12.6 Å². The van der Waals surface area contributed by atoms with Crippen LogP contribution >= 0.6 is 23.4 Å². The Balaban J connectivity index is 2.78. The van der Waals surface area contributed by atoms with E-state index in [0.717, 1.165) is 0 Å². The Hall–Kier alpha value is -0.230. The second kappa shape index (κ2) is 6.37. The van der Waals surface area contributed by atoms with Crippen molar-refractivity contribution >= 4 is 23.4 Å². The van der Waals surface area contributed by atoms with Crippen LogP contribution in [0, 0.1) is 0 Å². The van der Waals surface area contributed by atoms with Gasteiger partial charge in [-0.1, -0.05) is 11.6 Å². The molecule has 0 fully saturated rings. The summed E-state index contributed by atoms with van der Waals surface area (Å²) in [7, 11) is 1.63. The molecular weight excluding hydrogens is 236 g/mol. The number of nitrogens with zero attached hydrogens (tertiary/aromatic N) is 2. The van der Waals surface area contributed by atoms with Crippen molar-refractivity contribution in [2.24, 2.45) is 0 Å². The summed E-state index contributed by atoms with van der Waals surface area (Å²) in [6, 6.07) is 0. The van der Waals surface area contributed by atoms with Gasteiger partial charge in [0.15, 0.2) is 0 Å². The van der Waals surface area contributed by atoms with Crippen LogP contribution in [0.15, 0.2) is 6.20 Å². The second-order valence-electron chi connectivity index (χ2n) is 3.06. The summed E-state index contributed by atoms with van der Waals surface area (Å²) in [6.07, 6.45) is 2.91. The first-order valence-electron chi connectivity index (χ1n) is 4.57. The summed E-state index contributed by atoms with van der Waals surface area (Å²) >= 11 is 7.53. The van der Waals surface area contributed by atoms with Crippen LogP contribution in [0.5, 0.6) is 0 Å². The molecule has 0 aliphatic rings. The minimum atomic E-state index is -0.577. The molecule has 0 spiro atoms. The normalized spacial score (nSPS) is 13.1. The SMILES string of the molecule is COCCn1ncc(Cl)c1C(O)CSC. The predicted octanol–water partition coefficient (Wildman–Crippen LogP) is 1.58. The van der Waals surface area contributed by atoms with Crippen LogP contribution in [0.4, 0.5) is 0 Å². The van der Waals surface area contributed by atoms with Gasteiger partial charge in [0.05, 0.1) is 30.1 Å². The Kier molecular flexibility index (Phi) is 5.45. The molecule has 0 aliphatic carbocycles. The zero-order valence-electron chi connectivity index (χ0n) is 8.81. The van der Waals surface area contributed by atoms with Gasteiger partial charge in [-0.05, 0) is 6.26 Å². The van der Waals surface area contributed by atoms with Gasteiger partial charge in [-0.2, -0.15) is 16.9 Å². The van der Waals surface area contributed by atoms with E-state index in [1.807, 2.05) is 6.26 Å². The van der Waals surface area contributed by atoms with Crippen LogP contribution in [0.2, 0.25) is 5.02 Å². The lowest BCUT2D eigenvalue weighted by molar-refractivity contribution is 0.166. The zero-order chi connectivity index (χ0) is 11.3. The highest BCUT2D eigenvalue weighted by Crippen LogP contribution is 2.24. The highest BCUT2D eigenvalue weighted by Gasteiger charge is 2.17. The number of aliphatic hydroxyl groups excluding tert-OH is 1. The molecule has 1 rings (SSSR count). The highest BCUT2D eigenvalue weighted by molar-refractivity contribution is 7.98. The summed E-state index contributed by atoms with van der Waals surface area (Å²) in [4.78, 5) is 0. The first-order valence-corrected chi connectivity index (χ1v) is 6.35. The quantitative estimate of drug-likeness (QED) is 0.833. The molecule has 1 heterocycles. The van der Waals surface area contributed by atoms with E-state index in [-0.39, 0.29) is 0 Å². The van der Waals surface area contributed by atoms with Crippen molar-refractivity contribution in [1.29, 1.82) is 0 Å². The predicted molar refractivity (Wildman–Crippen MR) is 62.5 cm³/mol. The maximum Gasteiger partial charge on any atom is 0.106 e. The Morgan fingerprint density at radius 2 is 2.47 bits per heavy atom. The first kappa shape index (κ1) is 12.8. The smallest absolute Gasteiger partial charge is 0.106 e. The number of ether oxygens (including phenoxy) is 1. The minimum absolute atomic E-state index is 0.507. The van der Waals surface area contributed by atoms with Gasteiger partial charge in [0.2, 0.25) is 0 Å². The molecule has 0 aromatic carbocycles. The first-order chi connectivity index (χ1) is 7.20. The molecule has 0 saturated heterocycles. The molecule has 1 unspecified atom stereocenters. The van der Waals surface area contributed by atoms with Crippen molar-refractivity contribution in [2.75, 3.05) is 25.7 Å². The van der Waals surface area contributed by atoms with Crippen LogP contribution in [0.3, 0.4) is 0 Å². The number of hydrogen-bond donors (Lipinski definition) is 1. The molecule has 1 aromatic heterocycles. The van der Waals surface area contributed by atoms with Crippen molar-refractivity contribution in [3.8, 4) is 0 Å². The Morgan fingerprint density at radius 1 is 1.73 bits per heavy atom. The number of aliphatic hydroxyl groups is 1. The molecule has 6 heteroatoms. The van der Waals surface area contributed by atoms with E-state index in [2.05, 4.69) is 5.10 Å². The molecule has 0 amide bonds. The summed E-state index contributed by atoms with van der Waals surface area (Å²) in [5, 5.41) is 14.5. The molecule has 0 radical (unpaired) electrons. The van der Waals surface area contributed by atoms with Crippen LogP contribution < -0.4 is 0 Å². The van der Waals surface area contributed by atoms with Gasteiger partial charge < -0.3 is 9.84 Å². The lowest BCUT2D eigenvalue weighted by atomic mass is 10.3. The van der Waals surface area contributed by atoms with Crippen LogP contribution in [0.1, 0.15) is 11.8 Å². The Morgan fingerprint density at radius 3 is 3.07 bits per heavy atom. The number of methoxy groups -OCH3 is 1. The summed E-state index contributed by atoms with van der Waals surface area (Å²) in [5.74, 6) is 0.610. The summed E-state index contributed by atoms with van der Waals surface area (Å²) < 4.78 is 6.65. The van der Waals surface area contributed by atoms with Gasteiger partial charge in [0.1, 0.15) is 6.10 Å². The van der Waals surface area contributed by atoms with Gasteiger partial charge >= 0.3 is 0 Å². The molecule has 0 bridgehead atoms. The maximum atomic E-state index is 9.86. The van der Waals surface area contributed by atoms with E-state index in [9.17, 15) is 5.11 Å². The van der Waals surface area contributed by atoms with Gasteiger partial charge in [-0.25, -0.2) is 0 Å². The van der Waals surface area contributed by atoms with Crippen molar-refractivity contribution in [3.05, 3.63) is 16.9 Å². The van der Waals surface area contributed by atoms with E-state index in [4.69, 9.17) is 16.3 Å². The fraction of sp³-hybridized carbons (Fsp3) is 0.667. The minimum Gasteiger partial charge on any atom is -0.386 e. The number of aromatic nitrogens is 2. The highest BCUT2D eigenvalue weighted by atomic mass is 35.5. The Bertz CT molecular complexity index is 306. The lowest BCUT2D eigenvalue weighted by Crippen LogP contribution is -2.14. The third-order valence-electron chi connectivity index (χ3n) is 1.98. The summed E-state index contributed by atoms with van der Waals surface area (Å²) in [5.41, 5.74) is 0.670. The lowest BCUT2D eigenvalue weighted by Gasteiger charge is -2.12. The van der Waals surface area contributed by atoms with E-state index < -0.39 is 6.10 Å². The Labute approximate surface area is 98.6 Å². The maximum absolute atomic E-state index is 9.86. The monoisotopic (exact) mass is 250 g/mol. The van der Waals surface area contributed by atoms with Gasteiger partial charge in [0.25, 0.3) is 0 Å². The molecule has 1 N–H and O–H groups in total. The van der Waals surface area contributed by atoms with E-state index in [1.54, 1.807) is 29.8 Å². The molecule has 0 aliphatic heterocycles. The number of thioether (sulfide) groups is 1. The fourth-order valence-corrected chi connectivity index (χ4v) is 2.04. The molecule has 1 atom stereocenters. The largest absolute Gasteiger partial charge is 0.386 e. The average molecular weight is 251 g/mol. The topological polar surface area (TPSA) is 47.3 Å². The molecule has 0 saturated carbocycles. The van der Waals surface area contributed by atoms with E-state index >= 15 is 0 Å². The van der Waals surface area contributed by atoms with Gasteiger partial charge in [-0.15, -0.1) is 0 Å². The van der Waals surface area contributed by atoms with Crippen LogP contribution in [-0.2, 0) is 11.3 Å². The van der Waals surface area contributed by atoms with Gasteiger partial charge in [-0.3, -0.25) is 4.68 Å². The second-order valence-corrected chi connectivity index (χ2v) is 4.38. The van der Waals surface area contributed by atoms with E-state index in [0.29, 0.717) is 29.6 Å². The third kappa shape index (κ3) is 3.38. The number of halogens is 1. The number of hydrogen-bond acceptors (Lipinski definition) is 4. The molecule has 1 aromatic rings. The number of rotatable bonds is 6. The zero-order valence-corrected chi connectivity index (χ0v) is 10.4. The molecule has 86 valence electrons. The van der Waals surface area contributed by atoms with Crippen LogP contribution in [0.25, 0.3) is 0 Å². The molecular formula is C9H15ClN2O2S. The fourth-order valence-electron chi connectivity index (χ4n) is 1.30. The van der Waals surface area contributed by atoms with Crippen molar-refractivity contribution in [1.82, 2.24) is 9.78 Å². The third-order valence-corrected chi connectivity index (χ3v) is 2.92. The van der Waals surface area contributed by atoms with Crippen molar-refractivity contribution in [3.63, 3.8) is 0 Å². The molecule has 4 nitrogen and oxygen atoms in total. The van der Waals surface area contributed by atoms with E-state index in [1.165, 1.54) is 0 Å².